The average molecular weight is 296 g/mol. The zero-order valence-electron chi connectivity index (χ0n) is 12.7. The molecule has 2 N–H and O–H groups in total. The number of hydrogen-bond donors (Lipinski definition) is 1. The molecule has 0 radical (unpaired) electrons. The molecule has 0 aliphatic carbocycles. The van der Waals surface area contributed by atoms with E-state index >= 15 is 0 Å². The smallest absolute Gasteiger partial charge is 0.410 e. The third kappa shape index (κ3) is 4.77. The van der Waals surface area contributed by atoms with Crippen LogP contribution in [0.15, 0.2) is 12.4 Å². The molecule has 1 amide bonds. The summed E-state index contributed by atoms with van der Waals surface area (Å²) in [6, 6.07) is 1.60. The molecular weight excluding hydrogens is 272 g/mol. The lowest BCUT2D eigenvalue weighted by molar-refractivity contribution is 0.0123. The Bertz CT molecular complexity index is 499. The lowest BCUT2D eigenvalue weighted by Crippen LogP contribution is -2.44. The largest absolute Gasteiger partial charge is 0.474 e. The number of amides is 1. The van der Waals surface area contributed by atoms with E-state index in [4.69, 9.17) is 15.2 Å². The van der Waals surface area contributed by atoms with Crippen molar-refractivity contribution in [1.82, 2.24) is 14.9 Å². The van der Waals surface area contributed by atoms with E-state index < -0.39 is 5.60 Å². The van der Waals surface area contributed by atoms with Crippen LogP contribution >= 0.6 is 0 Å². The highest BCUT2D eigenvalue weighted by Crippen LogP contribution is 2.19. The van der Waals surface area contributed by atoms with E-state index in [0.717, 1.165) is 12.8 Å². The van der Waals surface area contributed by atoms with Gasteiger partial charge in [0.05, 0.1) is 0 Å². The minimum atomic E-state index is -0.469. The van der Waals surface area contributed by atoms with Crippen LogP contribution in [-0.2, 0) is 4.74 Å². The van der Waals surface area contributed by atoms with Gasteiger partial charge in [-0.15, -0.1) is 0 Å². The predicted molar refractivity (Wildman–Crippen MR) is 80.0 cm³/mol. The number of nitrogen functional groups attached to an aromatic ring is 1. The molecule has 1 aromatic heterocycles. The third-order valence-electron chi connectivity index (χ3n) is 3.04. The first-order chi connectivity index (χ1) is 9.83. The van der Waals surface area contributed by atoms with Crippen molar-refractivity contribution < 1.29 is 15.7 Å². The van der Waals surface area contributed by atoms with Crippen LogP contribution in [0.3, 0.4) is 0 Å². The molecular formula is C14H24N4O3. The average Bonchev–Trinajstić information content (AvgIpc) is 2.37. The second-order valence-electron chi connectivity index (χ2n) is 6.07. The van der Waals surface area contributed by atoms with Gasteiger partial charge in [-0.05, 0) is 20.8 Å². The van der Waals surface area contributed by atoms with E-state index in [-0.39, 0.29) is 13.6 Å². The van der Waals surface area contributed by atoms with E-state index in [1.54, 1.807) is 11.0 Å². The molecule has 2 heterocycles. The van der Waals surface area contributed by atoms with Gasteiger partial charge in [0.25, 0.3) is 0 Å². The minimum Gasteiger partial charge on any atom is -0.474 e. The second kappa shape index (κ2) is 6.15. The molecule has 1 aliphatic heterocycles. The fourth-order valence-corrected chi connectivity index (χ4v) is 2.07. The van der Waals surface area contributed by atoms with Gasteiger partial charge in [-0.1, -0.05) is 0 Å². The van der Waals surface area contributed by atoms with Crippen LogP contribution in [-0.4, -0.2) is 45.8 Å². The van der Waals surface area contributed by atoms with Gasteiger partial charge in [-0.3, -0.25) is 0 Å². The summed E-state index contributed by atoms with van der Waals surface area (Å²) in [7, 11) is 0. The Kier molecular flexibility index (Phi) is 4.50. The lowest BCUT2D eigenvalue weighted by Gasteiger charge is -2.33. The van der Waals surface area contributed by atoms with Crippen LogP contribution in [0.1, 0.15) is 35.0 Å². The van der Waals surface area contributed by atoms with Crippen molar-refractivity contribution in [3.8, 4) is 5.88 Å². The van der Waals surface area contributed by atoms with Gasteiger partial charge in [0, 0.05) is 33.4 Å². The number of carbonyl (C=O) groups excluding carboxylic acids is 1. The zero-order valence-corrected chi connectivity index (χ0v) is 12.7. The summed E-state index contributed by atoms with van der Waals surface area (Å²) in [6.45, 7) is 6.81. The highest BCUT2D eigenvalue weighted by Gasteiger charge is 2.27. The van der Waals surface area contributed by atoms with Gasteiger partial charge in [-0.2, -0.15) is 0 Å². The summed E-state index contributed by atoms with van der Waals surface area (Å²) in [5.74, 6) is 0.851. The third-order valence-corrected chi connectivity index (χ3v) is 3.04. The molecule has 1 aromatic rings. The van der Waals surface area contributed by atoms with Crippen molar-refractivity contribution in [1.29, 1.82) is 0 Å². The molecule has 0 unspecified atom stereocenters. The SMILES string of the molecule is CC(C)(C)OC(=O)N1CCC(Oc2cc(N)ncn2)CC1.[HH]. The Balaban J connectivity index is 0.00000242. The summed E-state index contributed by atoms with van der Waals surface area (Å²) >= 11 is 0. The van der Waals surface area contributed by atoms with Gasteiger partial charge in [0.2, 0.25) is 5.88 Å². The quantitative estimate of drug-likeness (QED) is 0.898. The van der Waals surface area contributed by atoms with Crippen LogP contribution in [0, 0.1) is 0 Å². The number of anilines is 1. The molecule has 21 heavy (non-hydrogen) atoms. The van der Waals surface area contributed by atoms with E-state index in [1.807, 2.05) is 20.8 Å². The summed E-state index contributed by atoms with van der Waals surface area (Å²) in [4.78, 5) is 21.5. The highest BCUT2D eigenvalue weighted by atomic mass is 16.6. The number of hydrogen-bond acceptors (Lipinski definition) is 6. The standard InChI is InChI=1S/C14H22N4O3.H2/c1-14(2,3)21-13(19)18-6-4-10(5-7-18)20-12-8-11(15)16-9-17-12;/h8-10H,4-7H2,1-3H3,(H2,15,16,17);1H. The Morgan fingerprint density at radius 1 is 1.38 bits per heavy atom. The van der Waals surface area contributed by atoms with Crippen molar-refractivity contribution in [3.63, 3.8) is 0 Å². The van der Waals surface area contributed by atoms with Gasteiger partial charge in [0.15, 0.2) is 0 Å². The summed E-state index contributed by atoms with van der Waals surface area (Å²) in [5, 5.41) is 0. The van der Waals surface area contributed by atoms with E-state index in [9.17, 15) is 4.79 Å². The topological polar surface area (TPSA) is 90.6 Å². The van der Waals surface area contributed by atoms with Crippen molar-refractivity contribution in [2.75, 3.05) is 18.8 Å². The summed E-state index contributed by atoms with van der Waals surface area (Å²) in [6.07, 6.45) is 2.61. The first-order valence-corrected chi connectivity index (χ1v) is 7.05. The number of piperidine rings is 1. The summed E-state index contributed by atoms with van der Waals surface area (Å²) < 4.78 is 11.1. The molecule has 0 saturated carbocycles. The van der Waals surface area contributed by atoms with Gasteiger partial charge in [-0.25, -0.2) is 14.8 Å². The molecule has 0 atom stereocenters. The van der Waals surface area contributed by atoms with E-state index in [1.165, 1.54) is 6.33 Å². The number of nitrogens with zero attached hydrogens (tertiary/aromatic N) is 3. The van der Waals surface area contributed by atoms with Crippen molar-refractivity contribution >= 4 is 11.9 Å². The molecule has 118 valence electrons. The fourth-order valence-electron chi connectivity index (χ4n) is 2.07. The molecule has 7 nitrogen and oxygen atoms in total. The maximum absolute atomic E-state index is 11.9. The van der Waals surface area contributed by atoms with E-state index in [0.29, 0.717) is 24.8 Å². The maximum atomic E-state index is 11.9. The molecule has 0 bridgehead atoms. The van der Waals surface area contributed by atoms with Crippen LogP contribution in [0.2, 0.25) is 0 Å². The first kappa shape index (κ1) is 15.3. The van der Waals surface area contributed by atoms with Gasteiger partial charge in [0.1, 0.15) is 23.9 Å². The number of nitrogens with two attached hydrogens (primary N) is 1. The lowest BCUT2D eigenvalue weighted by atomic mass is 10.1. The molecule has 1 aliphatic rings. The zero-order chi connectivity index (χ0) is 15.5. The molecule has 2 rings (SSSR count). The maximum Gasteiger partial charge on any atom is 0.410 e. The van der Waals surface area contributed by atoms with Crippen molar-refractivity contribution in [2.24, 2.45) is 0 Å². The molecule has 7 heteroatoms. The summed E-state index contributed by atoms with van der Waals surface area (Å²) in [5.41, 5.74) is 5.11. The molecule has 1 saturated heterocycles. The van der Waals surface area contributed by atoms with Crippen molar-refractivity contribution in [3.05, 3.63) is 12.4 Å². The second-order valence-corrected chi connectivity index (χ2v) is 6.07. The number of ether oxygens (including phenoxy) is 2. The number of aromatic nitrogens is 2. The Hall–Kier alpha value is -2.05. The van der Waals surface area contributed by atoms with E-state index in [2.05, 4.69) is 9.97 Å². The number of rotatable bonds is 2. The van der Waals surface area contributed by atoms with Gasteiger partial charge >= 0.3 is 6.09 Å². The monoisotopic (exact) mass is 296 g/mol. The van der Waals surface area contributed by atoms with Gasteiger partial charge < -0.3 is 20.1 Å². The van der Waals surface area contributed by atoms with Crippen molar-refractivity contribution in [2.45, 2.75) is 45.3 Å². The Morgan fingerprint density at radius 3 is 2.62 bits per heavy atom. The highest BCUT2D eigenvalue weighted by molar-refractivity contribution is 5.68. The van der Waals surface area contributed by atoms with Crippen LogP contribution in [0.25, 0.3) is 0 Å². The Labute approximate surface area is 125 Å². The minimum absolute atomic E-state index is 0. The number of likely N-dealkylation sites (tertiary alicyclic amines) is 1. The Morgan fingerprint density at radius 2 is 2.05 bits per heavy atom. The normalized spacial score (nSPS) is 16.6. The van der Waals surface area contributed by atoms with Crippen LogP contribution < -0.4 is 10.5 Å². The first-order valence-electron chi connectivity index (χ1n) is 7.05. The molecule has 0 aromatic carbocycles. The predicted octanol–water partition coefficient (Wildman–Crippen LogP) is 2.08. The molecule has 1 fully saturated rings. The van der Waals surface area contributed by atoms with Crippen LogP contribution in [0.4, 0.5) is 10.6 Å². The number of carbonyl (C=O) groups is 1. The fraction of sp³-hybridized carbons (Fsp3) is 0.643. The molecule has 0 spiro atoms. The van der Waals surface area contributed by atoms with Crippen LogP contribution in [0.5, 0.6) is 5.88 Å².